The molecular formula is C14H20N4O2. The minimum Gasteiger partial charge on any atom is -0.394 e. The van der Waals surface area contributed by atoms with Gasteiger partial charge in [0, 0.05) is 17.8 Å². The van der Waals surface area contributed by atoms with Gasteiger partial charge in [-0.2, -0.15) is 0 Å². The minimum absolute atomic E-state index is 0.0457. The second-order valence-electron chi connectivity index (χ2n) is 5.90. The van der Waals surface area contributed by atoms with E-state index in [0.717, 1.165) is 5.39 Å². The molecule has 5 N–H and O–H groups in total. The number of rotatable bonds is 4. The van der Waals surface area contributed by atoms with Crippen LogP contribution < -0.4 is 11.1 Å². The Morgan fingerprint density at radius 1 is 1.55 bits per heavy atom. The lowest BCUT2D eigenvalue weighted by Crippen LogP contribution is -2.37. The Kier molecular flexibility index (Phi) is 3.67. The van der Waals surface area contributed by atoms with Crippen molar-refractivity contribution in [2.75, 3.05) is 11.9 Å². The zero-order chi connectivity index (χ0) is 14.9. The summed E-state index contributed by atoms with van der Waals surface area (Å²) >= 11 is 0. The normalized spacial score (nSPS) is 13.4. The van der Waals surface area contributed by atoms with Gasteiger partial charge in [0.05, 0.1) is 23.9 Å². The fraction of sp³-hybridized carbons (Fsp3) is 0.429. The molecule has 0 bridgehead atoms. The lowest BCUT2D eigenvalue weighted by Gasteiger charge is -2.31. The molecule has 6 nitrogen and oxygen atoms in total. The highest BCUT2D eigenvalue weighted by molar-refractivity contribution is 6.05. The van der Waals surface area contributed by atoms with E-state index in [2.05, 4.69) is 15.3 Å². The predicted octanol–water partition coefficient (Wildman–Crippen LogP) is 1.48. The van der Waals surface area contributed by atoms with Crippen LogP contribution in [0.25, 0.3) is 11.0 Å². The maximum atomic E-state index is 11.6. The lowest BCUT2D eigenvalue weighted by molar-refractivity contribution is 0.100. The molecule has 0 aliphatic rings. The van der Waals surface area contributed by atoms with Gasteiger partial charge in [-0.05, 0) is 11.5 Å². The van der Waals surface area contributed by atoms with Crippen molar-refractivity contribution in [2.24, 2.45) is 11.1 Å². The van der Waals surface area contributed by atoms with Crippen molar-refractivity contribution < 1.29 is 9.90 Å². The van der Waals surface area contributed by atoms with Crippen molar-refractivity contribution in [3.05, 3.63) is 24.0 Å². The number of nitrogens with zero attached hydrogens (tertiary/aromatic N) is 1. The van der Waals surface area contributed by atoms with Gasteiger partial charge in [0.15, 0.2) is 0 Å². The number of fused-ring (bicyclic) bond motifs is 1. The molecule has 1 amide bonds. The van der Waals surface area contributed by atoms with Gasteiger partial charge < -0.3 is 21.1 Å². The van der Waals surface area contributed by atoms with E-state index in [1.54, 1.807) is 6.20 Å². The topological polar surface area (TPSA) is 104 Å². The molecular weight excluding hydrogens is 256 g/mol. The third-order valence-corrected chi connectivity index (χ3v) is 3.40. The number of carbonyl (C=O) groups is 1. The summed E-state index contributed by atoms with van der Waals surface area (Å²) in [6.07, 6.45) is 3.19. The second-order valence-corrected chi connectivity index (χ2v) is 5.90. The van der Waals surface area contributed by atoms with Crippen LogP contribution in [0.15, 0.2) is 18.5 Å². The maximum absolute atomic E-state index is 11.6. The van der Waals surface area contributed by atoms with Crippen LogP contribution in [-0.4, -0.2) is 33.6 Å². The summed E-state index contributed by atoms with van der Waals surface area (Å²) < 4.78 is 0. The lowest BCUT2D eigenvalue weighted by atomic mass is 9.87. The van der Waals surface area contributed by atoms with Crippen LogP contribution in [0, 0.1) is 5.41 Å². The number of aliphatic hydroxyl groups excluding tert-OH is 1. The van der Waals surface area contributed by atoms with E-state index in [9.17, 15) is 9.90 Å². The highest BCUT2D eigenvalue weighted by Gasteiger charge is 2.26. The smallest absolute Gasteiger partial charge is 0.252 e. The number of carbonyl (C=O) groups excluding carboxylic acids is 1. The predicted molar refractivity (Wildman–Crippen MR) is 78.6 cm³/mol. The zero-order valence-electron chi connectivity index (χ0n) is 11.9. The average Bonchev–Trinajstić information content (AvgIpc) is 2.82. The molecule has 1 atom stereocenters. The highest BCUT2D eigenvalue weighted by atomic mass is 16.3. The van der Waals surface area contributed by atoms with Gasteiger partial charge in [-0.3, -0.25) is 4.79 Å². The molecule has 0 aliphatic heterocycles. The van der Waals surface area contributed by atoms with Gasteiger partial charge in [-0.15, -0.1) is 0 Å². The van der Waals surface area contributed by atoms with E-state index in [1.165, 1.54) is 6.20 Å². The van der Waals surface area contributed by atoms with Crippen LogP contribution in [0.4, 0.5) is 5.69 Å². The number of amides is 1. The molecule has 0 saturated carbocycles. The summed E-state index contributed by atoms with van der Waals surface area (Å²) in [6, 6.07) is 1.62. The number of primary amides is 1. The fourth-order valence-corrected chi connectivity index (χ4v) is 2.06. The number of anilines is 1. The SMILES string of the molecule is CC(C)(C)[C@@H](CO)Nc1c(C(N)=O)cnc2[nH]ccc12. The second kappa shape index (κ2) is 5.13. The number of aromatic amines is 1. The molecule has 20 heavy (non-hydrogen) atoms. The fourth-order valence-electron chi connectivity index (χ4n) is 2.06. The summed E-state index contributed by atoms with van der Waals surface area (Å²) in [5, 5.41) is 13.6. The van der Waals surface area contributed by atoms with Gasteiger partial charge in [-0.25, -0.2) is 4.98 Å². The Bertz CT molecular complexity index is 628. The number of aliphatic hydroxyl groups is 1. The molecule has 0 aliphatic carbocycles. The summed E-state index contributed by atoms with van der Waals surface area (Å²) in [6.45, 7) is 6.00. The Balaban J connectivity index is 2.53. The molecule has 0 aromatic carbocycles. The molecule has 0 spiro atoms. The number of hydrogen-bond acceptors (Lipinski definition) is 4. The number of hydrogen-bond donors (Lipinski definition) is 4. The molecule has 2 aromatic rings. The van der Waals surface area contributed by atoms with E-state index < -0.39 is 5.91 Å². The molecule has 0 radical (unpaired) electrons. The Hall–Kier alpha value is -2.08. The van der Waals surface area contributed by atoms with Gasteiger partial charge in [0.2, 0.25) is 0 Å². The molecule has 0 unspecified atom stereocenters. The summed E-state index contributed by atoms with van der Waals surface area (Å²) in [5.74, 6) is -0.548. The maximum Gasteiger partial charge on any atom is 0.252 e. The molecule has 6 heteroatoms. The zero-order valence-corrected chi connectivity index (χ0v) is 11.9. The van der Waals surface area contributed by atoms with Crippen LogP contribution in [0.3, 0.4) is 0 Å². The van der Waals surface area contributed by atoms with Crippen molar-refractivity contribution in [1.82, 2.24) is 9.97 Å². The summed E-state index contributed by atoms with van der Waals surface area (Å²) in [7, 11) is 0. The molecule has 108 valence electrons. The standard InChI is InChI=1S/C14H20N4O2/c1-14(2,3)10(7-19)18-11-8-4-5-16-13(8)17-6-9(11)12(15)20/h4-6,10,19H,7H2,1-3H3,(H2,15,20)(H2,16,17,18)/t10-/m1/s1. The van der Waals surface area contributed by atoms with E-state index in [-0.39, 0.29) is 18.1 Å². The van der Waals surface area contributed by atoms with Crippen molar-refractivity contribution >= 4 is 22.6 Å². The van der Waals surface area contributed by atoms with Gasteiger partial charge in [0.25, 0.3) is 5.91 Å². The monoisotopic (exact) mass is 276 g/mol. The molecule has 0 fully saturated rings. The first kappa shape index (κ1) is 14.3. The first-order chi connectivity index (χ1) is 9.34. The number of nitrogens with two attached hydrogens (primary N) is 1. The van der Waals surface area contributed by atoms with E-state index in [4.69, 9.17) is 5.73 Å². The van der Waals surface area contributed by atoms with Gasteiger partial charge in [-0.1, -0.05) is 20.8 Å². The van der Waals surface area contributed by atoms with Crippen molar-refractivity contribution in [3.8, 4) is 0 Å². The first-order valence-corrected chi connectivity index (χ1v) is 6.48. The summed E-state index contributed by atoms with van der Waals surface area (Å²) in [4.78, 5) is 18.7. The van der Waals surface area contributed by atoms with Crippen molar-refractivity contribution in [2.45, 2.75) is 26.8 Å². The van der Waals surface area contributed by atoms with E-state index in [0.29, 0.717) is 16.9 Å². The highest BCUT2D eigenvalue weighted by Crippen LogP contribution is 2.29. The van der Waals surface area contributed by atoms with Crippen LogP contribution in [0.5, 0.6) is 0 Å². The van der Waals surface area contributed by atoms with Crippen LogP contribution in [-0.2, 0) is 0 Å². The molecule has 0 saturated heterocycles. The quantitative estimate of drug-likeness (QED) is 0.679. The van der Waals surface area contributed by atoms with Crippen molar-refractivity contribution in [1.29, 1.82) is 0 Å². The molecule has 2 aromatic heterocycles. The van der Waals surface area contributed by atoms with E-state index >= 15 is 0 Å². The van der Waals surface area contributed by atoms with E-state index in [1.807, 2.05) is 26.8 Å². The Morgan fingerprint density at radius 2 is 2.25 bits per heavy atom. The third kappa shape index (κ3) is 2.60. The Labute approximate surface area is 117 Å². The molecule has 2 rings (SSSR count). The average molecular weight is 276 g/mol. The van der Waals surface area contributed by atoms with Gasteiger partial charge >= 0.3 is 0 Å². The summed E-state index contributed by atoms with van der Waals surface area (Å²) in [5.41, 5.74) is 6.84. The third-order valence-electron chi connectivity index (χ3n) is 3.40. The van der Waals surface area contributed by atoms with Crippen molar-refractivity contribution in [3.63, 3.8) is 0 Å². The molecule has 2 heterocycles. The number of H-pyrrole nitrogens is 1. The minimum atomic E-state index is -0.548. The van der Waals surface area contributed by atoms with Crippen LogP contribution >= 0.6 is 0 Å². The van der Waals surface area contributed by atoms with Gasteiger partial charge in [0.1, 0.15) is 5.65 Å². The number of aromatic nitrogens is 2. The number of pyridine rings is 1. The number of nitrogens with one attached hydrogen (secondary N) is 2. The largest absolute Gasteiger partial charge is 0.394 e. The first-order valence-electron chi connectivity index (χ1n) is 6.48. The Morgan fingerprint density at radius 3 is 2.80 bits per heavy atom. The van der Waals surface area contributed by atoms with Crippen LogP contribution in [0.1, 0.15) is 31.1 Å². The van der Waals surface area contributed by atoms with Crippen LogP contribution in [0.2, 0.25) is 0 Å².